The maximum atomic E-state index is 13.0. The molecule has 1 N–H and O–H groups in total. The second-order valence-electron chi connectivity index (χ2n) is 7.78. The van der Waals surface area contributed by atoms with Gasteiger partial charge in [-0.2, -0.15) is 13.2 Å². The van der Waals surface area contributed by atoms with Gasteiger partial charge in [0.05, 0.1) is 5.56 Å². The molecule has 0 aliphatic heterocycles. The van der Waals surface area contributed by atoms with Crippen molar-refractivity contribution in [3.63, 3.8) is 0 Å². The van der Waals surface area contributed by atoms with E-state index in [0.29, 0.717) is 16.8 Å². The van der Waals surface area contributed by atoms with E-state index >= 15 is 0 Å². The summed E-state index contributed by atoms with van der Waals surface area (Å²) >= 11 is 0. The summed E-state index contributed by atoms with van der Waals surface area (Å²) in [5, 5.41) is 4.65. The molecule has 3 nitrogen and oxygen atoms in total. The van der Waals surface area contributed by atoms with Crippen LogP contribution in [0.15, 0.2) is 103 Å². The minimum atomic E-state index is -4.40. The maximum Gasteiger partial charge on any atom is 0.416 e. The summed E-state index contributed by atoms with van der Waals surface area (Å²) in [6.45, 7) is 1.94. The average molecular weight is 458 g/mol. The van der Waals surface area contributed by atoms with Gasteiger partial charge in [0.15, 0.2) is 0 Å². The summed E-state index contributed by atoms with van der Waals surface area (Å²) in [4.78, 5) is 16.6. The number of benzene rings is 3. The van der Waals surface area contributed by atoms with Crippen molar-refractivity contribution in [3.8, 4) is 0 Å². The molecule has 0 aliphatic carbocycles. The molecule has 34 heavy (non-hydrogen) atoms. The highest BCUT2D eigenvalue weighted by molar-refractivity contribution is 6.06. The molecule has 170 valence electrons. The summed E-state index contributed by atoms with van der Waals surface area (Å²) in [6.07, 6.45) is 3.69. The van der Waals surface area contributed by atoms with Crippen LogP contribution in [-0.2, 0) is 11.0 Å². The summed E-state index contributed by atoms with van der Waals surface area (Å²) in [7, 11) is 0. The van der Waals surface area contributed by atoms with Crippen molar-refractivity contribution in [2.45, 2.75) is 13.1 Å². The molecule has 0 saturated carbocycles. The predicted molar refractivity (Wildman–Crippen MR) is 129 cm³/mol. The van der Waals surface area contributed by atoms with Crippen molar-refractivity contribution in [1.82, 2.24) is 4.98 Å². The standard InChI is InChI=1S/C28H21F3N2O/c1-19-5-2-6-21(17-19)24(20-11-13-23(14-12-20)28(29,30)31)8-4-10-27(34)33-26-9-3-7-22-18-32-16-15-25(22)26/h2-18H,1H3,(H,33,34). The van der Waals surface area contributed by atoms with E-state index < -0.39 is 11.7 Å². The molecule has 0 fully saturated rings. The fraction of sp³-hybridized carbons (Fsp3) is 0.0714. The third kappa shape index (κ3) is 5.41. The Morgan fingerprint density at radius 1 is 0.941 bits per heavy atom. The van der Waals surface area contributed by atoms with Gasteiger partial charge in [0.25, 0.3) is 0 Å². The van der Waals surface area contributed by atoms with Crippen LogP contribution in [0.5, 0.6) is 0 Å². The number of anilines is 1. The largest absolute Gasteiger partial charge is 0.416 e. The van der Waals surface area contributed by atoms with Gasteiger partial charge < -0.3 is 5.32 Å². The molecule has 1 amide bonds. The van der Waals surface area contributed by atoms with E-state index in [1.165, 1.54) is 18.2 Å². The maximum absolute atomic E-state index is 13.0. The fourth-order valence-electron chi connectivity index (χ4n) is 3.65. The smallest absolute Gasteiger partial charge is 0.322 e. The number of amides is 1. The normalized spacial score (nSPS) is 12.3. The van der Waals surface area contributed by atoms with Gasteiger partial charge in [-0.05, 0) is 47.9 Å². The van der Waals surface area contributed by atoms with Gasteiger partial charge >= 0.3 is 6.18 Å². The van der Waals surface area contributed by atoms with Crippen molar-refractivity contribution >= 4 is 27.9 Å². The zero-order chi connectivity index (χ0) is 24.1. The van der Waals surface area contributed by atoms with E-state index in [9.17, 15) is 18.0 Å². The number of allylic oxidation sites excluding steroid dienone is 2. The first-order valence-electron chi connectivity index (χ1n) is 10.6. The Morgan fingerprint density at radius 2 is 1.71 bits per heavy atom. The van der Waals surface area contributed by atoms with Crippen molar-refractivity contribution in [2.75, 3.05) is 5.32 Å². The van der Waals surface area contributed by atoms with E-state index in [1.54, 1.807) is 24.5 Å². The van der Waals surface area contributed by atoms with Gasteiger partial charge in [-0.3, -0.25) is 9.78 Å². The van der Waals surface area contributed by atoms with Crippen LogP contribution in [0, 0.1) is 6.92 Å². The van der Waals surface area contributed by atoms with E-state index in [1.807, 2.05) is 55.5 Å². The van der Waals surface area contributed by atoms with Crippen LogP contribution < -0.4 is 5.32 Å². The first-order valence-corrected chi connectivity index (χ1v) is 10.6. The minimum Gasteiger partial charge on any atom is -0.322 e. The number of halogens is 3. The van der Waals surface area contributed by atoms with Crippen molar-refractivity contribution < 1.29 is 18.0 Å². The number of fused-ring (bicyclic) bond motifs is 1. The number of aryl methyl sites for hydroxylation is 1. The number of nitrogens with one attached hydrogen (secondary N) is 1. The zero-order valence-electron chi connectivity index (χ0n) is 18.3. The number of alkyl halides is 3. The second-order valence-corrected chi connectivity index (χ2v) is 7.78. The SMILES string of the molecule is Cc1cccc(C(=CC=CC(=O)Nc2cccc3cnccc23)c2ccc(C(F)(F)F)cc2)c1. The lowest BCUT2D eigenvalue weighted by Crippen LogP contribution is -2.08. The number of hydrogen-bond donors (Lipinski definition) is 1. The lowest BCUT2D eigenvalue weighted by Gasteiger charge is -2.11. The molecule has 0 saturated heterocycles. The van der Waals surface area contributed by atoms with Crippen LogP contribution in [0.25, 0.3) is 16.3 Å². The summed E-state index contributed by atoms with van der Waals surface area (Å²) in [5.74, 6) is -0.323. The van der Waals surface area contributed by atoms with E-state index in [2.05, 4.69) is 10.3 Å². The molecular weight excluding hydrogens is 437 g/mol. The Balaban J connectivity index is 1.62. The summed E-state index contributed by atoms with van der Waals surface area (Å²) < 4.78 is 39.0. The van der Waals surface area contributed by atoms with Crippen molar-refractivity contribution in [1.29, 1.82) is 0 Å². The quantitative estimate of drug-likeness (QED) is 0.254. The van der Waals surface area contributed by atoms with Gasteiger partial charge in [0.2, 0.25) is 5.91 Å². The van der Waals surface area contributed by atoms with E-state index in [-0.39, 0.29) is 5.91 Å². The molecule has 4 aromatic rings. The van der Waals surface area contributed by atoms with Crippen LogP contribution >= 0.6 is 0 Å². The first-order chi connectivity index (χ1) is 16.3. The lowest BCUT2D eigenvalue weighted by molar-refractivity contribution is -0.137. The summed E-state index contributed by atoms with van der Waals surface area (Å²) in [6, 6.07) is 20.0. The van der Waals surface area contributed by atoms with Crippen LogP contribution in [0.2, 0.25) is 0 Å². The summed E-state index contributed by atoms with van der Waals surface area (Å²) in [5.41, 5.74) is 3.14. The van der Waals surface area contributed by atoms with Gasteiger partial charge in [0, 0.05) is 34.9 Å². The molecule has 0 atom stereocenters. The highest BCUT2D eigenvalue weighted by Gasteiger charge is 2.30. The number of carbonyl (C=O) groups is 1. The number of carbonyl (C=O) groups excluding carboxylic acids is 1. The first kappa shape index (κ1) is 23.0. The van der Waals surface area contributed by atoms with E-state index in [0.717, 1.165) is 34.0 Å². The van der Waals surface area contributed by atoms with Gasteiger partial charge in [-0.1, -0.05) is 66.2 Å². The number of nitrogens with zero attached hydrogens (tertiary/aromatic N) is 1. The Morgan fingerprint density at radius 3 is 2.44 bits per heavy atom. The van der Waals surface area contributed by atoms with Crippen LogP contribution in [-0.4, -0.2) is 10.9 Å². The van der Waals surface area contributed by atoms with Gasteiger partial charge in [-0.25, -0.2) is 0 Å². The lowest BCUT2D eigenvalue weighted by atomic mass is 9.95. The molecule has 0 unspecified atom stereocenters. The Bertz CT molecular complexity index is 1380. The van der Waals surface area contributed by atoms with Crippen molar-refractivity contribution in [3.05, 3.63) is 126 Å². The number of aromatic nitrogens is 1. The third-order valence-electron chi connectivity index (χ3n) is 5.30. The average Bonchev–Trinajstić information content (AvgIpc) is 2.82. The van der Waals surface area contributed by atoms with Crippen LogP contribution in [0.4, 0.5) is 18.9 Å². The Labute approximate surface area is 195 Å². The second kappa shape index (κ2) is 9.75. The van der Waals surface area contributed by atoms with Crippen LogP contribution in [0.3, 0.4) is 0 Å². The topological polar surface area (TPSA) is 42.0 Å². The minimum absolute atomic E-state index is 0.323. The van der Waals surface area contributed by atoms with Crippen molar-refractivity contribution in [2.24, 2.45) is 0 Å². The van der Waals surface area contributed by atoms with E-state index in [4.69, 9.17) is 0 Å². The predicted octanol–water partition coefficient (Wildman–Crippen LogP) is 7.19. The molecule has 0 spiro atoms. The molecule has 6 heteroatoms. The molecule has 0 radical (unpaired) electrons. The van der Waals surface area contributed by atoms with Gasteiger partial charge in [-0.15, -0.1) is 0 Å². The number of rotatable bonds is 5. The fourth-order valence-corrected chi connectivity index (χ4v) is 3.65. The molecule has 0 aliphatic rings. The molecule has 4 rings (SSSR count). The highest BCUT2D eigenvalue weighted by atomic mass is 19.4. The number of pyridine rings is 1. The molecule has 0 bridgehead atoms. The molecule has 1 heterocycles. The number of hydrogen-bond acceptors (Lipinski definition) is 2. The third-order valence-corrected chi connectivity index (χ3v) is 5.30. The monoisotopic (exact) mass is 458 g/mol. The van der Waals surface area contributed by atoms with Crippen LogP contribution in [0.1, 0.15) is 22.3 Å². The Kier molecular flexibility index (Phi) is 6.59. The molecular formula is C28H21F3N2O. The highest BCUT2D eigenvalue weighted by Crippen LogP contribution is 2.31. The Hall–Kier alpha value is -4.19. The molecule has 1 aromatic heterocycles. The zero-order valence-corrected chi connectivity index (χ0v) is 18.3. The van der Waals surface area contributed by atoms with Gasteiger partial charge in [0.1, 0.15) is 0 Å². The molecule has 3 aromatic carbocycles.